The number of benzene rings is 1. The van der Waals surface area contributed by atoms with Crippen molar-refractivity contribution in [3.05, 3.63) is 47.0 Å². The van der Waals surface area contributed by atoms with Gasteiger partial charge in [-0.15, -0.1) is 0 Å². The third-order valence-corrected chi connectivity index (χ3v) is 5.61. The molecule has 37 heavy (non-hydrogen) atoms. The van der Waals surface area contributed by atoms with Crippen molar-refractivity contribution < 1.29 is 57.6 Å². The van der Waals surface area contributed by atoms with Gasteiger partial charge in [0, 0.05) is 12.1 Å². The second-order valence-corrected chi connectivity index (χ2v) is 9.65. The maximum absolute atomic E-state index is 10.7. The van der Waals surface area contributed by atoms with Gasteiger partial charge in [0.15, 0.2) is 17.7 Å². The lowest BCUT2D eigenvalue weighted by Crippen LogP contribution is -2.33. The van der Waals surface area contributed by atoms with E-state index in [4.69, 9.17) is 30.0 Å². The quantitative estimate of drug-likeness (QED) is 0.105. The topological polar surface area (TPSA) is 296 Å². The van der Waals surface area contributed by atoms with E-state index in [0.29, 0.717) is 5.52 Å². The zero-order chi connectivity index (χ0) is 27.5. The molecule has 19 nitrogen and oxygen atoms in total. The highest BCUT2D eigenvalue weighted by atomic mass is 31.2. The van der Waals surface area contributed by atoms with Crippen molar-refractivity contribution in [2.24, 2.45) is 0 Å². The number of hydrogen-bond donors (Lipinski definition) is 7. The Kier molecular flexibility index (Phi) is 8.56. The van der Waals surface area contributed by atoms with Gasteiger partial charge in [-0.1, -0.05) is 0 Å². The zero-order valence-electron chi connectivity index (χ0n) is 18.2. The van der Waals surface area contributed by atoms with Crippen LogP contribution in [0, 0.1) is 10.1 Å². The predicted molar refractivity (Wildman–Crippen MR) is 119 cm³/mol. The van der Waals surface area contributed by atoms with Crippen LogP contribution in [0.15, 0.2) is 36.9 Å². The van der Waals surface area contributed by atoms with Crippen LogP contribution in [0.5, 0.6) is 5.75 Å². The van der Waals surface area contributed by atoms with Crippen LogP contribution < -0.4 is 10.3 Å². The van der Waals surface area contributed by atoms with Crippen molar-refractivity contribution in [1.82, 2.24) is 19.5 Å². The van der Waals surface area contributed by atoms with E-state index in [1.165, 1.54) is 17.2 Å². The third-order valence-electron chi connectivity index (χ3n) is 4.68. The number of anilines is 1. The molecule has 1 aromatic carbocycles. The average molecular weight is 566 g/mol. The van der Waals surface area contributed by atoms with Crippen molar-refractivity contribution in [1.29, 1.82) is 0 Å². The number of hydrogen-bond acceptors (Lipinski definition) is 13. The van der Waals surface area contributed by atoms with Crippen molar-refractivity contribution in [2.75, 3.05) is 12.3 Å². The molecule has 8 N–H and O–H groups in total. The van der Waals surface area contributed by atoms with E-state index in [2.05, 4.69) is 24.0 Å². The average Bonchev–Trinajstić information content (AvgIpc) is 3.34. The Hall–Kier alpha value is -3.09. The minimum Gasteiger partial charge on any atom is -0.404 e. The summed E-state index contributed by atoms with van der Waals surface area (Å²) < 4.78 is 36.3. The van der Waals surface area contributed by atoms with Crippen LogP contribution >= 0.6 is 15.6 Å². The monoisotopic (exact) mass is 566 g/mol. The number of imidazole rings is 1. The van der Waals surface area contributed by atoms with E-state index in [0.717, 1.165) is 24.3 Å². The molecule has 4 atom stereocenters. The number of nitro benzene ring substituents is 1. The Balaban J connectivity index is 0.000000233. The van der Waals surface area contributed by atoms with Crippen LogP contribution in [0.3, 0.4) is 0 Å². The molecule has 0 spiro atoms. The molecule has 1 aliphatic heterocycles. The molecule has 0 saturated carbocycles. The van der Waals surface area contributed by atoms with Crippen molar-refractivity contribution in [3.63, 3.8) is 0 Å². The molecule has 0 unspecified atom stereocenters. The molecular weight excluding hydrogens is 546 g/mol. The summed E-state index contributed by atoms with van der Waals surface area (Å²) in [5.74, 6) is 0.0205. The lowest BCUT2D eigenvalue weighted by Gasteiger charge is -2.16. The Morgan fingerprint density at radius 2 is 1.70 bits per heavy atom. The molecule has 0 aliphatic carbocycles. The van der Waals surface area contributed by atoms with Gasteiger partial charge in [0.2, 0.25) is 0 Å². The summed E-state index contributed by atoms with van der Waals surface area (Å²) in [5.41, 5.74) is 6.07. The molecule has 21 heteroatoms. The van der Waals surface area contributed by atoms with Crippen LogP contribution in [-0.2, 0) is 18.4 Å². The van der Waals surface area contributed by atoms with Gasteiger partial charge in [-0.25, -0.2) is 24.1 Å². The summed E-state index contributed by atoms with van der Waals surface area (Å²) in [7, 11) is -9.32. The summed E-state index contributed by atoms with van der Waals surface area (Å²) >= 11 is 0. The first-order valence-corrected chi connectivity index (χ1v) is 12.9. The largest absolute Gasteiger partial charge is 0.524 e. The first-order chi connectivity index (χ1) is 17.2. The second kappa shape index (κ2) is 11.1. The highest BCUT2D eigenvalue weighted by Crippen LogP contribution is 2.39. The van der Waals surface area contributed by atoms with E-state index in [-0.39, 0.29) is 22.9 Å². The predicted octanol–water partition coefficient (Wildman–Crippen LogP) is -0.797. The lowest BCUT2D eigenvalue weighted by molar-refractivity contribution is -0.384. The molecule has 4 rings (SSSR count). The second-order valence-electron chi connectivity index (χ2n) is 7.25. The first kappa shape index (κ1) is 28.5. The number of non-ortho nitro benzene ring substituents is 1. The number of fused-ring (bicyclic) bond motifs is 1. The summed E-state index contributed by atoms with van der Waals surface area (Å²) in [6, 6.07) is 4.39. The van der Waals surface area contributed by atoms with Gasteiger partial charge < -0.3 is 35.0 Å². The fourth-order valence-corrected chi connectivity index (χ4v) is 3.83. The van der Waals surface area contributed by atoms with Crippen LogP contribution in [0.4, 0.5) is 11.5 Å². The molecule has 0 bridgehead atoms. The van der Waals surface area contributed by atoms with E-state index < -0.39 is 51.7 Å². The Morgan fingerprint density at radius 1 is 1.05 bits per heavy atom. The Bertz CT molecular complexity index is 1340. The summed E-state index contributed by atoms with van der Waals surface area (Å²) in [4.78, 5) is 55.6. The van der Waals surface area contributed by atoms with E-state index >= 15 is 0 Å². The van der Waals surface area contributed by atoms with Gasteiger partial charge in [0.05, 0.1) is 17.9 Å². The normalized spacial score (nSPS) is 21.9. The standard InChI is InChI=1S/C10H14N5O7P.C6H6NO6P/c11-8-5-9(13-2-12-8)15(3-14-5)10-7(17)6(16)4(22-10)1-21-23(18,19)20;8-7(9)5-1-3-6(4-2-5)13-14(10,11)12/h2-4,6-7,10,16-17H,1H2,(H2,11,12,13)(H2,18,19,20);1-4H,(H2,10,11,12)/t4-,6-,7-,10-;/m1./s1. The smallest absolute Gasteiger partial charge is 0.404 e. The maximum atomic E-state index is 10.7. The molecule has 1 aliphatic rings. The molecule has 3 aromatic rings. The van der Waals surface area contributed by atoms with Gasteiger partial charge in [0.1, 0.15) is 35.9 Å². The van der Waals surface area contributed by atoms with Crippen molar-refractivity contribution >= 4 is 38.3 Å². The fraction of sp³-hybridized carbons (Fsp3) is 0.312. The van der Waals surface area contributed by atoms with Crippen LogP contribution in [0.1, 0.15) is 6.23 Å². The number of nitrogens with zero attached hydrogens (tertiary/aromatic N) is 5. The highest BCUT2D eigenvalue weighted by Gasteiger charge is 2.45. The van der Waals surface area contributed by atoms with E-state index in [1.807, 2.05) is 0 Å². The summed E-state index contributed by atoms with van der Waals surface area (Å²) in [6.07, 6.45) is -2.49. The van der Waals surface area contributed by atoms with Gasteiger partial charge in [0.25, 0.3) is 5.69 Å². The molecule has 1 fully saturated rings. The van der Waals surface area contributed by atoms with Gasteiger partial charge >= 0.3 is 15.6 Å². The fourth-order valence-electron chi connectivity index (χ4n) is 3.09. The lowest BCUT2D eigenvalue weighted by atomic mass is 10.1. The van der Waals surface area contributed by atoms with Crippen LogP contribution in [0.25, 0.3) is 11.2 Å². The first-order valence-electron chi connectivity index (χ1n) is 9.80. The minimum absolute atomic E-state index is 0.121. The molecule has 1 saturated heterocycles. The number of nitrogens with two attached hydrogens (primary N) is 1. The number of aromatic nitrogens is 4. The SMILES string of the molecule is Nc1ncnc2c1ncn2[C@@H]1O[C@H](COP(=O)(O)O)[C@@H](O)[C@H]1O.O=[N+]([O-])c1ccc(OP(=O)(O)O)cc1. The molecule has 202 valence electrons. The van der Waals surface area contributed by atoms with Gasteiger partial charge in [-0.3, -0.25) is 29.0 Å². The van der Waals surface area contributed by atoms with Crippen LogP contribution in [0.2, 0.25) is 0 Å². The highest BCUT2D eigenvalue weighted by molar-refractivity contribution is 7.46. The summed E-state index contributed by atoms with van der Waals surface area (Å²) in [6.45, 7) is -0.594. The number of aliphatic hydroxyl groups is 2. The molecule has 0 radical (unpaired) electrons. The minimum atomic E-state index is -4.72. The van der Waals surface area contributed by atoms with Gasteiger partial charge in [-0.2, -0.15) is 0 Å². The van der Waals surface area contributed by atoms with Crippen molar-refractivity contribution in [2.45, 2.75) is 24.5 Å². The zero-order valence-corrected chi connectivity index (χ0v) is 20.0. The number of ether oxygens (including phenoxy) is 1. The number of nitro groups is 1. The number of nitrogen functional groups attached to an aromatic ring is 1. The molecule has 3 heterocycles. The number of phosphoric acid groups is 2. The van der Waals surface area contributed by atoms with E-state index in [1.54, 1.807) is 0 Å². The van der Waals surface area contributed by atoms with Crippen LogP contribution in [-0.4, -0.2) is 79.1 Å². The third kappa shape index (κ3) is 7.46. The number of aliphatic hydroxyl groups excluding tert-OH is 2. The maximum Gasteiger partial charge on any atom is 0.524 e. The molecule has 2 aromatic heterocycles. The van der Waals surface area contributed by atoms with E-state index in [9.17, 15) is 29.5 Å². The van der Waals surface area contributed by atoms with Crippen molar-refractivity contribution in [3.8, 4) is 5.75 Å². The summed E-state index contributed by atoms with van der Waals surface area (Å²) in [5, 5.41) is 30.3. The number of phosphoric ester groups is 2. The molecular formula is C16H20N6O13P2. The van der Waals surface area contributed by atoms with Gasteiger partial charge in [-0.05, 0) is 12.1 Å². The molecule has 0 amide bonds. The Labute approximate surface area is 205 Å². The number of rotatable bonds is 7. The Morgan fingerprint density at radius 3 is 2.27 bits per heavy atom.